The van der Waals surface area contributed by atoms with E-state index in [-0.39, 0.29) is 11.5 Å². The molecule has 130 valence electrons. The zero-order valence-electron chi connectivity index (χ0n) is 15.9. The van der Waals surface area contributed by atoms with Crippen molar-refractivity contribution in [2.24, 2.45) is 40.4 Å². The lowest BCUT2D eigenvalue weighted by molar-refractivity contribution is -0.0733. The summed E-state index contributed by atoms with van der Waals surface area (Å²) in [6.45, 7) is 12.4. The summed E-state index contributed by atoms with van der Waals surface area (Å²) in [6, 6.07) is 0. The summed E-state index contributed by atoms with van der Waals surface area (Å²) < 4.78 is 0. The minimum Gasteiger partial charge on any atom is -0.393 e. The Kier molecular flexibility index (Phi) is 3.73. The molecule has 1 heteroatoms. The summed E-state index contributed by atoms with van der Waals surface area (Å²) >= 11 is 0. The lowest BCUT2D eigenvalue weighted by atomic mass is 9.41. The SMILES string of the molecule is CC1CCC2(C)[C](C1)CC(C)[C]1C2CC(C)C2(C)C(O)CCC12. The van der Waals surface area contributed by atoms with E-state index in [0.717, 1.165) is 24.2 Å². The number of aliphatic hydroxyl groups excluding tert-OH is 1. The lowest BCUT2D eigenvalue weighted by Crippen LogP contribution is -2.57. The van der Waals surface area contributed by atoms with Crippen LogP contribution >= 0.6 is 0 Å². The van der Waals surface area contributed by atoms with Crippen LogP contribution in [0.2, 0.25) is 0 Å². The monoisotopic (exact) mass is 316 g/mol. The molecule has 1 nitrogen and oxygen atoms in total. The van der Waals surface area contributed by atoms with Crippen molar-refractivity contribution >= 4 is 0 Å². The highest BCUT2D eigenvalue weighted by Gasteiger charge is 2.64. The summed E-state index contributed by atoms with van der Waals surface area (Å²) in [6.07, 6.45) is 9.04. The molecule has 0 aliphatic heterocycles. The van der Waals surface area contributed by atoms with E-state index in [1.807, 2.05) is 11.8 Å². The Hall–Kier alpha value is -0.0400. The maximum Gasteiger partial charge on any atom is 0.0599 e. The molecular weight excluding hydrogens is 280 g/mol. The predicted molar refractivity (Wildman–Crippen MR) is 95.5 cm³/mol. The van der Waals surface area contributed by atoms with Gasteiger partial charge in [0.05, 0.1) is 6.10 Å². The molecule has 2 radical (unpaired) electrons. The Balaban J connectivity index is 1.71. The molecule has 1 N–H and O–H groups in total. The third kappa shape index (κ3) is 2.07. The summed E-state index contributed by atoms with van der Waals surface area (Å²) in [4.78, 5) is 0. The number of fused-ring (bicyclic) bond motifs is 5. The fraction of sp³-hybridized carbons (Fsp3) is 0.909. The minimum absolute atomic E-state index is 0.0762. The third-order valence-electron chi connectivity index (χ3n) is 9.10. The van der Waals surface area contributed by atoms with Crippen LogP contribution in [0.1, 0.15) is 79.6 Å². The van der Waals surface area contributed by atoms with Gasteiger partial charge in [0, 0.05) is 0 Å². The summed E-state index contributed by atoms with van der Waals surface area (Å²) in [7, 11) is 0. The van der Waals surface area contributed by atoms with Crippen LogP contribution < -0.4 is 0 Å². The fourth-order valence-electron chi connectivity index (χ4n) is 7.38. The molecule has 0 aromatic carbocycles. The second kappa shape index (κ2) is 5.23. The molecular formula is C22H36O. The van der Waals surface area contributed by atoms with Crippen molar-refractivity contribution in [3.63, 3.8) is 0 Å². The van der Waals surface area contributed by atoms with Gasteiger partial charge in [-0.15, -0.1) is 0 Å². The van der Waals surface area contributed by atoms with Gasteiger partial charge in [0.25, 0.3) is 0 Å². The second-order valence-corrected chi connectivity index (χ2v) is 10.2. The van der Waals surface area contributed by atoms with Crippen LogP contribution in [-0.2, 0) is 0 Å². The highest BCUT2D eigenvalue weighted by molar-refractivity contribution is 5.30. The van der Waals surface area contributed by atoms with Crippen LogP contribution in [0, 0.1) is 52.3 Å². The van der Waals surface area contributed by atoms with Crippen molar-refractivity contribution in [1.82, 2.24) is 0 Å². The molecule has 4 aliphatic carbocycles. The topological polar surface area (TPSA) is 20.2 Å². The molecule has 0 aromatic heterocycles. The first kappa shape index (κ1) is 16.4. The molecule has 0 bridgehead atoms. The first-order valence-corrected chi connectivity index (χ1v) is 10.2. The van der Waals surface area contributed by atoms with E-state index in [9.17, 15) is 5.11 Å². The van der Waals surface area contributed by atoms with Crippen molar-refractivity contribution in [1.29, 1.82) is 0 Å². The Morgan fingerprint density at radius 2 is 1.70 bits per heavy atom. The Labute approximate surface area is 143 Å². The van der Waals surface area contributed by atoms with Gasteiger partial charge in [0.15, 0.2) is 0 Å². The zero-order chi connectivity index (χ0) is 16.6. The van der Waals surface area contributed by atoms with Gasteiger partial charge in [0.2, 0.25) is 0 Å². The molecule has 0 heterocycles. The predicted octanol–water partition coefficient (Wildman–Crippen LogP) is 5.43. The van der Waals surface area contributed by atoms with Gasteiger partial charge in [-0.2, -0.15) is 0 Å². The number of hydrogen-bond donors (Lipinski definition) is 1. The van der Waals surface area contributed by atoms with Gasteiger partial charge in [0.1, 0.15) is 0 Å². The van der Waals surface area contributed by atoms with Gasteiger partial charge >= 0.3 is 0 Å². The standard InChI is InChI=1S/C22H36O/c1-13-8-9-21(4)16(10-13)11-14(2)20-17-6-7-19(23)22(17,5)15(3)12-18(20)21/h13-15,17-19,23H,6-12H2,1-5H3. The molecule has 4 fully saturated rings. The molecule has 8 unspecified atom stereocenters. The zero-order valence-corrected chi connectivity index (χ0v) is 15.9. The van der Waals surface area contributed by atoms with Crippen LogP contribution in [0.25, 0.3) is 0 Å². The van der Waals surface area contributed by atoms with E-state index in [0.29, 0.717) is 17.3 Å². The first-order valence-electron chi connectivity index (χ1n) is 10.2. The first-order chi connectivity index (χ1) is 10.8. The van der Waals surface area contributed by atoms with E-state index >= 15 is 0 Å². The molecule has 0 aromatic rings. The van der Waals surface area contributed by atoms with Crippen molar-refractivity contribution in [3.8, 4) is 0 Å². The van der Waals surface area contributed by atoms with E-state index < -0.39 is 0 Å². The van der Waals surface area contributed by atoms with Crippen LogP contribution in [0.3, 0.4) is 0 Å². The molecule has 8 atom stereocenters. The summed E-state index contributed by atoms with van der Waals surface area (Å²) in [5.41, 5.74) is 0.618. The van der Waals surface area contributed by atoms with Crippen molar-refractivity contribution < 1.29 is 5.11 Å². The summed E-state index contributed by atoms with van der Waals surface area (Å²) in [5, 5.41) is 10.7. The number of rotatable bonds is 0. The second-order valence-electron chi connectivity index (χ2n) is 10.2. The number of hydrogen-bond acceptors (Lipinski definition) is 1. The summed E-state index contributed by atoms with van der Waals surface area (Å²) in [5.74, 6) is 7.55. The normalized spacial score (nSPS) is 57.7. The highest BCUT2D eigenvalue weighted by Crippen LogP contribution is 2.70. The maximum atomic E-state index is 10.7. The van der Waals surface area contributed by atoms with E-state index in [2.05, 4.69) is 34.6 Å². The molecule has 4 rings (SSSR count). The Bertz CT molecular complexity index is 473. The average molecular weight is 317 g/mol. The molecule has 0 spiro atoms. The van der Waals surface area contributed by atoms with Gasteiger partial charge < -0.3 is 5.11 Å². The van der Waals surface area contributed by atoms with Gasteiger partial charge in [-0.05, 0) is 90.8 Å². The fourth-order valence-corrected chi connectivity index (χ4v) is 7.38. The Morgan fingerprint density at radius 1 is 0.957 bits per heavy atom. The molecule has 0 amide bonds. The minimum atomic E-state index is -0.0762. The average Bonchev–Trinajstić information content (AvgIpc) is 2.80. The Morgan fingerprint density at radius 3 is 2.43 bits per heavy atom. The number of aliphatic hydroxyl groups is 1. The smallest absolute Gasteiger partial charge is 0.0599 e. The van der Waals surface area contributed by atoms with Gasteiger partial charge in [-0.3, -0.25) is 0 Å². The van der Waals surface area contributed by atoms with Crippen LogP contribution in [0.15, 0.2) is 0 Å². The lowest BCUT2D eigenvalue weighted by Gasteiger charge is -2.63. The third-order valence-corrected chi connectivity index (χ3v) is 9.10. The van der Waals surface area contributed by atoms with Crippen molar-refractivity contribution in [2.45, 2.75) is 85.7 Å². The van der Waals surface area contributed by atoms with E-state index in [4.69, 9.17) is 0 Å². The van der Waals surface area contributed by atoms with E-state index in [1.54, 1.807) is 0 Å². The van der Waals surface area contributed by atoms with Crippen LogP contribution in [0.5, 0.6) is 0 Å². The van der Waals surface area contributed by atoms with E-state index in [1.165, 1.54) is 38.5 Å². The van der Waals surface area contributed by atoms with Crippen LogP contribution in [-0.4, -0.2) is 11.2 Å². The maximum absolute atomic E-state index is 10.7. The molecule has 4 aliphatic rings. The largest absolute Gasteiger partial charge is 0.393 e. The van der Waals surface area contributed by atoms with Gasteiger partial charge in [-0.1, -0.05) is 41.0 Å². The van der Waals surface area contributed by atoms with Crippen molar-refractivity contribution in [2.75, 3.05) is 0 Å². The molecule has 4 saturated carbocycles. The molecule has 23 heavy (non-hydrogen) atoms. The highest BCUT2D eigenvalue weighted by atomic mass is 16.3. The van der Waals surface area contributed by atoms with Crippen molar-refractivity contribution in [3.05, 3.63) is 11.8 Å². The molecule has 0 saturated heterocycles. The van der Waals surface area contributed by atoms with Crippen LogP contribution in [0.4, 0.5) is 0 Å². The quantitative estimate of drug-likeness (QED) is 0.631. The van der Waals surface area contributed by atoms with Gasteiger partial charge in [-0.25, -0.2) is 0 Å².